The van der Waals surface area contributed by atoms with Crippen LogP contribution in [-0.2, 0) is 0 Å². The summed E-state index contributed by atoms with van der Waals surface area (Å²) >= 11 is 0. The van der Waals surface area contributed by atoms with Gasteiger partial charge in [0.1, 0.15) is 0 Å². The normalized spacial score (nSPS) is 9.93. The molecular weight excluding hydrogens is 192 g/mol. The summed E-state index contributed by atoms with van der Waals surface area (Å²) in [7, 11) is 1.60. The van der Waals surface area contributed by atoms with Gasteiger partial charge in [-0.05, 0) is 6.07 Å². The first-order valence-corrected chi connectivity index (χ1v) is 4.55. The highest BCUT2D eigenvalue weighted by atomic mass is 16.5. The number of amides is 1. The van der Waals surface area contributed by atoms with Crippen molar-refractivity contribution in [2.45, 2.75) is 0 Å². The number of nitrogens with zero attached hydrogens (tertiary/aromatic N) is 1. The lowest BCUT2D eigenvalue weighted by atomic mass is 10.0. The molecule has 0 spiro atoms. The van der Waals surface area contributed by atoms with Crippen molar-refractivity contribution in [3.05, 3.63) is 42.1 Å². The highest BCUT2D eigenvalue weighted by molar-refractivity contribution is 6.00. The monoisotopic (exact) mass is 202 g/mol. The Labute approximate surface area is 86.9 Å². The molecule has 0 saturated carbocycles. The molecule has 0 aliphatic heterocycles. The predicted octanol–water partition coefficient (Wildman–Crippen LogP) is 1.70. The molecule has 2 aromatic rings. The SMILES string of the molecule is CNC(=O)c1ccccc1-c1ccno1. The Morgan fingerprint density at radius 3 is 2.80 bits per heavy atom. The van der Waals surface area contributed by atoms with E-state index in [9.17, 15) is 4.79 Å². The Morgan fingerprint density at radius 2 is 2.13 bits per heavy atom. The Hall–Kier alpha value is -2.10. The highest BCUT2D eigenvalue weighted by Gasteiger charge is 2.12. The number of hydrogen-bond acceptors (Lipinski definition) is 3. The quantitative estimate of drug-likeness (QED) is 0.806. The predicted molar refractivity (Wildman–Crippen MR) is 55.3 cm³/mol. The third-order valence-corrected chi connectivity index (χ3v) is 2.10. The number of benzene rings is 1. The van der Waals surface area contributed by atoms with Gasteiger partial charge in [-0.1, -0.05) is 23.4 Å². The number of rotatable bonds is 2. The molecule has 4 heteroatoms. The van der Waals surface area contributed by atoms with E-state index in [1.165, 1.54) is 0 Å². The smallest absolute Gasteiger partial charge is 0.251 e. The largest absolute Gasteiger partial charge is 0.356 e. The minimum absolute atomic E-state index is 0.137. The molecule has 1 heterocycles. The van der Waals surface area contributed by atoms with Gasteiger partial charge >= 0.3 is 0 Å². The Balaban J connectivity index is 2.52. The number of carbonyl (C=O) groups is 1. The molecule has 1 aromatic heterocycles. The maximum Gasteiger partial charge on any atom is 0.251 e. The number of carbonyl (C=O) groups excluding carboxylic acids is 1. The van der Waals surface area contributed by atoms with Crippen LogP contribution in [0.15, 0.2) is 41.1 Å². The molecular formula is C11H10N2O2. The second kappa shape index (κ2) is 3.96. The van der Waals surface area contributed by atoms with Crippen molar-refractivity contribution < 1.29 is 9.32 Å². The molecule has 1 amide bonds. The third-order valence-electron chi connectivity index (χ3n) is 2.10. The lowest BCUT2D eigenvalue weighted by molar-refractivity contribution is 0.0963. The van der Waals surface area contributed by atoms with E-state index in [-0.39, 0.29) is 5.91 Å². The summed E-state index contributed by atoms with van der Waals surface area (Å²) < 4.78 is 5.02. The average Bonchev–Trinajstić information content (AvgIpc) is 2.81. The van der Waals surface area contributed by atoms with Gasteiger partial charge in [-0.25, -0.2) is 0 Å². The van der Waals surface area contributed by atoms with Crippen LogP contribution in [-0.4, -0.2) is 18.1 Å². The summed E-state index contributed by atoms with van der Waals surface area (Å²) in [4.78, 5) is 11.6. The van der Waals surface area contributed by atoms with Gasteiger partial charge in [0.2, 0.25) is 0 Å². The maximum atomic E-state index is 11.6. The molecule has 0 unspecified atom stereocenters. The van der Waals surface area contributed by atoms with Crippen molar-refractivity contribution in [2.75, 3.05) is 7.05 Å². The van der Waals surface area contributed by atoms with Gasteiger partial charge in [0.25, 0.3) is 5.91 Å². The molecule has 0 aliphatic carbocycles. The molecule has 1 aromatic carbocycles. The summed E-state index contributed by atoms with van der Waals surface area (Å²) in [5, 5.41) is 6.20. The van der Waals surface area contributed by atoms with Crippen molar-refractivity contribution in [3.8, 4) is 11.3 Å². The van der Waals surface area contributed by atoms with E-state index in [1.807, 2.05) is 18.2 Å². The van der Waals surface area contributed by atoms with Crippen molar-refractivity contribution >= 4 is 5.91 Å². The molecule has 0 bridgehead atoms. The van der Waals surface area contributed by atoms with E-state index in [1.54, 1.807) is 25.4 Å². The molecule has 4 nitrogen and oxygen atoms in total. The van der Waals surface area contributed by atoms with E-state index in [0.29, 0.717) is 11.3 Å². The molecule has 76 valence electrons. The minimum atomic E-state index is -0.137. The second-order valence-corrected chi connectivity index (χ2v) is 3.00. The van der Waals surface area contributed by atoms with Gasteiger partial charge in [-0.15, -0.1) is 0 Å². The van der Waals surface area contributed by atoms with E-state index < -0.39 is 0 Å². The van der Waals surface area contributed by atoms with Crippen LogP contribution in [0, 0.1) is 0 Å². The summed E-state index contributed by atoms with van der Waals surface area (Å²) in [6.45, 7) is 0. The zero-order chi connectivity index (χ0) is 10.7. The van der Waals surface area contributed by atoms with Crippen LogP contribution in [0.3, 0.4) is 0 Å². The van der Waals surface area contributed by atoms with Crippen LogP contribution in [0.2, 0.25) is 0 Å². The van der Waals surface area contributed by atoms with E-state index in [0.717, 1.165) is 5.56 Å². The van der Waals surface area contributed by atoms with Gasteiger partial charge in [-0.3, -0.25) is 4.79 Å². The lowest BCUT2D eigenvalue weighted by Crippen LogP contribution is -2.18. The molecule has 2 rings (SSSR count). The molecule has 0 fully saturated rings. The fourth-order valence-corrected chi connectivity index (χ4v) is 1.39. The number of nitrogens with one attached hydrogen (secondary N) is 1. The molecule has 0 radical (unpaired) electrons. The van der Waals surface area contributed by atoms with Gasteiger partial charge < -0.3 is 9.84 Å². The first-order valence-electron chi connectivity index (χ1n) is 4.55. The summed E-state index contributed by atoms with van der Waals surface area (Å²) in [6, 6.07) is 8.96. The van der Waals surface area contributed by atoms with Crippen molar-refractivity contribution in [2.24, 2.45) is 0 Å². The van der Waals surface area contributed by atoms with Crippen LogP contribution in [0.25, 0.3) is 11.3 Å². The number of hydrogen-bond donors (Lipinski definition) is 1. The summed E-state index contributed by atoms with van der Waals surface area (Å²) in [5.74, 6) is 0.455. The standard InChI is InChI=1S/C11H10N2O2/c1-12-11(14)9-5-3-2-4-8(9)10-6-7-13-15-10/h2-7H,1H3,(H,12,14). The minimum Gasteiger partial charge on any atom is -0.356 e. The lowest BCUT2D eigenvalue weighted by Gasteiger charge is -2.04. The third kappa shape index (κ3) is 1.74. The first-order chi connectivity index (χ1) is 7.33. The molecule has 15 heavy (non-hydrogen) atoms. The Bertz CT molecular complexity index is 463. The fourth-order valence-electron chi connectivity index (χ4n) is 1.39. The maximum absolute atomic E-state index is 11.6. The number of aromatic nitrogens is 1. The zero-order valence-corrected chi connectivity index (χ0v) is 8.23. The topological polar surface area (TPSA) is 55.1 Å². The Morgan fingerprint density at radius 1 is 1.33 bits per heavy atom. The van der Waals surface area contributed by atoms with Crippen molar-refractivity contribution in [3.63, 3.8) is 0 Å². The van der Waals surface area contributed by atoms with Gasteiger partial charge in [0, 0.05) is 18.7 Å². The highest BCUT2D eigenvalue weighted by Crippen LogP contribution is 2.22. The van der Waals surface area contributed by atoms with E-state index in [2.05, 4.69) is 10.5 Å². The first kappa shape index (κ1) is 9.45. The van der Waals surface area contributed by atoms with E-state index >= 15 is 0 Å². The van der Waals surface area contributed by atoms with Crippen LogP contribution in [0.4, 0.5) is 0 Å². The second-order valence-electron chi connectivity index (χ2n) is 3.00. The molecule has 1 N–H and O–H groups in total. The molecule has 0 aliphatic rings. The van der Waals surface area contributed by atoms with Gasteiger partial charge in [0.05, 0.1) is 11.8 Å². The molecule has 0 saturated heterocycles. The summed E-state index contributed by atoms with van der Waals surface area (Å²) in [5.41, 5.74) is 1.33. The van der Waals surface area contributed by atoms with Crippen LogP contribution >= 0.6 is 0 Å². The van der Waals surface area contributed by atoms with Crippen LogP contribution < -0.4 is 5.32 Å². The van der Waals surface area contributed by atoms with Crippen LogP contribution in [0.1, 0.15) is 10.4 Å². The van der Waals surface area contributed by atoms with Gasteiger partial charge in [-0.2, -0.15) is 0 Å². The van der Waals surface area contributed by atoms with E-state index in [4.69, 9.17) is 4.52 Å². The molecule has 0 atom stereocenters. The average molecular weight is 202 g/mol. The van der Waals surface area contributed by atoms with Crippen LogP contribution in [0.5, 0.6) is 0 Å². The summed E-state index contributed by atoms with van der Waals surface area (Å²) in [6.07, 6.45) is 1.55. The van der Waals surface area contributed by atoms with Gasteiger partial charge in [0.15, 0.2) is 5.76 Å². The Kier molecular flexibility index (Phi) is 2.49. The van der Waals surface area contributed by atoms with Crippen molar-refractivity contribution in [1.82, 2.24) is 10.5 Å². The zero-order valence-electron chi connectivity index (χ0n) is 8.23. The van der Waals surface area contributed by atoms with Crippen molar-refractivity contribution in [1.29, 1.82) is 0 Å². The fraction of sp³-hybridized carbons (Fsp3) is 0.0909.